The van der Waals surface area contributed by atoms with Gasteiger partial charge in [0.1, 0.15) is 0 Å². The Morgan fingerprint density at radius 2 is 2.18 bits per heavy atom. The van der Waals surface area contributed by atoms with Crippen molar-refractivity contribution in [3.8, 4) is 0 Å². The van der Waals surface area contributed by atoms with Crippen molar-refractivity contribution in [3.05, 3.63) is 0 Å². The molecule has 0 saturated carbocycles. The first-order valence-electron chi connectivity index (χ1n) is 7.15. The Morgan fingerprint density at radius 3 is 2.71 bits per heavy atom. The zero-order valence-corrected chi connectivity index (χ0v) is 11.9. The first kappa shape index (κ1) is 14.9. The Hall–Kier alpha value is -0.120. The summed E-state index contributed by atoms with van der Waals surface area (Å²) in [6, 6.07) is 0. The standard InChI is InChI=1S/C14H30N2O/c1-4-5-6-9-14(2,12-15)16(3)11-13-8-7-10-17-13/h13H,4-12,15H2,1-3H3. The number of nitrogens with two attached hydrogens (primary N) is 1. The van der Waals surface area contributed by atoms with Crippen molar-refractivity contribution in [2.24, 2.45) is 5.73 Å². The summed E-state index contributed by atoms with van der Waals surface area (Å²) in [6.45, 7) is 7.24. The van der Waals surface area contributed by atoms with Crippen LogP contribution in [0.15, 0.2) is 0 Å². The third kappa shape index (κ3) is 4.57. The van der Waals surface area contributed by atoms with Crippen molar-refractivity contribution in [1.29, 1.82) is 0 Å². The minimum absolute atomic E-state index is 0.140. The van der Waals surface area contributed by atoms with E-state index in [1.54, 1.807) is 0 Å². The molecule has 2 atom stereocenters. The van der Waals surface area contributed by atoms with Gasteiger partial charge in [0.05, 0.1) is 6.10 Å². The van der Waals surface area contributed by atoms with E-state index in [0.29, 0.717) is 6.10 Å². The Balaban J connectivity index is 2.39. The van der Waals surface area contributed by atoms with Crippen molar-refractivity contribution in [2.45, 2.75) is 64.0 Å². The molecule has 0 aromatic rings. The van der Waals surface area contributed by atoms with E-state index in [1.807, 2.05) is 0 Å². The van der Waals surface area contributed by atoms with Gasteiger partial charge in [-0.1, -0.05) is 26.2 Å². The second-order valence-electron chi connectivity index (χ2n) is 5.67. The van der Waals surface area contributed by atoms with Crippen molar-refractivity contribution < 1.29 is 4.74 Å². The highest BCUT2D eigenvalue weighted by atomic mass is 16.5. The maximum Gasteiger partial charge on any atom is 0.0702 e. The van der Waals surface area contributed by atoms with E-state index in [-0.39, 0.29) is 5.54 Å². The summed E-state index contributed by atoms with van der Waals surface area (Å²) in [6.07, 6.45) is 7.91. The van der Waals surface area contributed by atoms with Gasteiger partial charge < -0.3 is 10.5 Å². The van der Waals surface area contributed by atoms with Gasteiger partial charge in [-0.15, -0.1) is 0 Å². The average molecular weight is 242 g/mol. The fraction of sp³-hybridized carbons (Fsp3) is 1.00. The summed E-state index contributed by atoms with van der Waals surface area (Å²) >= 11 is 0. The number of hydrogen-bond donors (Lipinski definition) is 1. The highest BCUT2D eigenvalue weighted by Crippen LogP contribution is 2.23. The summed E-state index contributed by atoms with van der Waals surface area (Å²) in [7, 11) is 2.19. The van der Waals surface area contributed by atoms with E-state index in [9.17, 15) is 0 Å². The predicted molar refractivity (Wildman–Crippen MR) is 73.2 cm³/mol. The molecule has 2 unspecified atom stereocenters. The van der Waals surface area contributed by atoms with Crippen LogP contribution in [0.1, 0.15) is 52.4 Å². The molecule has 0 aliphatic carbocycles. The summed E-state index contributed by atoms with van der Waals surface area (Å²) in [5.74, 6) is 0. The van der Waals surface area contributed by atoms with Crippen LogP contribution in [0.3, 0.4) is 0 Å². The predicted octanol–water partition coefficient (Wildman–Crippen LogP) is 2.39. The lowest BCUT2D eigenvalue weighted by Gasteiger charge is -2.39. The van der Waals surface area contributed by atoms with Gasteiger partial charge in [0.15, 0.2) is 0 Å². The smallest absolute Gasteiger partial charge is 0.0702 e. The molecule has 0 spiro atoms. The molecule has 2 N–H and O–H groups in total. The molecule has 0 radical (unpaired) electrons. The van der Waals surface area contributed by atoms with Gasteiger partial charge in [-0.25, -0.2) is 0 Å². The lowest BCUT2D eigenvalue weighted by molar-refractivity contribution is 0.0393. The normalized spacial score (nSPS) is 24.2. The van der Waals surface area contributed by atoms with E-state index >= 15 is 0 Å². The molecule has 0 aromatic heterocycles. The summed E-state index contributed by atoms with van der Waals surface area (Å²) in [5, 5.41) is 0. The maximum atomic E-state index is 5.98. The third-order valence-electron chi connectivity index (χ3n) is 4.18. The van der Waals surface area contributed by atoms with Crippen LogP contribution in [0, 0.1) is 0 Å². The quantitative estimate of drug-likeness (QED) is 0.664. The van der Waals surface area contributed by atoms with Gasteiger partial charge in [0.2, 0.25) is 0 Å². The molecule has 1 saturated heterocycles. The molecule has 0 bridgehead atoms. The van der Waals surface area contributed by atoms with Crippen LogP contribution in [0.25, 0.3) is 0 Å². The molecule has 1 heterocycles. The van der Waals surface area contributed by atoms with Gasteiger partial charge >= 0.3 is 0 Å². The van der Waals surface area contributed by atoms with Gasteiger partial charge in [0.25, 0.3) is 0 Å². The Bertz CT molecular complexity index is 204. The van der Waals surface area contributed by atoms with E-state index in [2.05, 4.69) is 25.8 Å². The fourth-order valence-electron chi connectivity index (χ4n) is 2.52. The average Bonchev–Trinajstić information content (AvgIpc) is 2.82. The van der Waals surface area contributed by atoms with Gasteiger partial charge in [0, 0.05) is 25.2 Å². The third-order valence-corrected chi connectivity index (χ3v) is 4.18. The largest absolute Gasteiger partial charge is 0.377 e. The fourth-order valence-corrected chi connectivity index (χ4v) is 2.52. The molecule has 1 fully saturated rings. The molecule has 102 valence electrons. The minimum atomic E-state index is 0.140. The molecule has 0 aromatic carbocycles. The molecule has 0 amide bonds. The van der Waals surface area contributed by atoms with E-state index in [0.717, 1.165) is 19.7 Å². The number of hydrogen-bond acceptors (Lipinski definition) is 3. The molecule has 1 aliphatic rings. The van der Waals surface area contributed by atoms with Crippen molar-refractivity contribution in [3.63, 3.8) is 0 Å². The number of nitrogens with zero attached hydrogens (tertiary/aromatic N) is 1. The second-order valence-corrected chi connectivity index (χ2v) is 5.67. The maximum absolute atomic E-state index is 5.98. The summed E-state index contributed by atoms with van der Waals surface area (Å²) < 4.78 is 5.71. The number of likely N-dealkylation sites (N-methyl/N-ethyl adjacent to an activating group) is 1. The van der Waals surface area contributed by atoms with E-state index in [4.69, 9.17) is 10.5 Å². The lowest BCUT2D eigenvalue weighted by atomic mass is 9.92. The first-order valence-corrected chi connectivity index (χ1v) is 7.15. The SMILES string of the molecule is CCCCCC(C)(CN)N(C)CC1CCCO1. The molecular formula is C14H30N2O. The molecule has 3 nitrogen and oxygen atoms in total. The van der Waals surface area contributed by atoms with Crippen molar-refractivity contribution >= 4 is 0 Å². The van der Waals surface area contributed by atoms with Crippen LogP contribution in [0.5, 0.6) is 0 Å². The minimum Gasteiger partial charge on any atom is -0.377 e. The van der Waals surface area contributed by atoms with Crippen LogP contribution < -0.4 is 5.73 Å². The van der Waals surface area contributed by atoms with Gasteiger partial charge in [-0.05, 0) is 33.2 Å². The summed E-state index contributed by atoms with van der Waals surface area (Å²) in [5.41, 5.74) is 6.12. The number of ether oxygens (including phenoxy) is 1. The van der Waals surface area contributed by atoms with Crippen LogP contribution >= 0.6 is 0 Å². The summed E-state index contributed by atoms with van der Waals surface area (Å²) in [4.78, 5) is 2.42. The molecule has 3 heteroatoms. The van der Waals surface area contributed by atoms with Crippen molar-refractivity contribution in [2.75, 3.05) is 26.7 Å². The van der Waals surface area contributed by atoms with Crippen LogP contribution in [-0.2, 0) is 4.74 Å². The highest BCUT2D eigenvalue weighted by Gasteiger charge is 2.29. The topological polar surface area (TPSA) is 38.5 Å². The monoisotopic (exact) mass is 242 g/mol. The molecule has 17 heavy (non-hydrogen) atoms. The molecule has 1 rings (SSSR count). The molecule has 1 aliphatic heterocycles. The lowest BCUT2D eigenvalue weighted by Crippen LogP contribution is -2.51. The second kappa shape index (κ2) is 7.34. The van der Waals surface area contributed by atoms with Crippen LogP contribution in [0.2, 0.25) is 0 Å². The van der Waals surface area contributed by atoms with Crippen LogP contribution in [0.4, 0.5) is 0 Å². The van der Waals surface area contributed by atoms with E-state index in [1.165, 1.54) is 38.5 Å². The highest BCUT2D eigenvalue weighted by molar-refractivity contribution is 4.87. The first-order chi connectivity index (χ1) is 8.12. The van der Waals surface area contributed by atoms with Gasteiger partial charge in [-0.2, -0.15) is 0 Å². The Kier molecular flexibility index (Phi) is 6.45. The Labute approximate surface area is 107 Å². The zero-order chi connectivity index (χ0) is 12.7. The number of unbranched alkanes of at least 4 members (excludes halogenated alkanes) is 2. The van der Waals surface area contributed by atoms with E-state index < -0.39 is 0 Å². The number of rotatable bonds is 8. The zero-order valence-electron chi connectivity index (χ0n) is 11.9. The van der Waals surface area contributed by atoms with Crippen molar-refractivity contribution in [1.82, 2.24) is 4.90 Å². The molecular weight excluding hydrogens is 212 g/mol. The van der Waals surface area contributed by atoms with Gasteiger partial charge in [-0.3, -0.25) is 4.90 Å². The Morgan fingerprint density at radius 1 is 1.41 bits per heavy atom. The van der Waals surface area contributed by atoms with Crippen LogP contribution in [-0.4, -0.2) is 43.3 Å².